The first kappa shape index (κ1) is 22.8. The number of sulfonamides is 1. The van der Waals surface area contributed by atoms with E-state index in [1.165, 1.54) is 4.31 Å². The van der Waals surface area contributed by atoms with Gasteiger partial charge < -0.3 is 9.80 Å². The number of hydrogen-bond donors (Lipinski definition) is 1. The minimum Gasteiger partial charge on any atom is -0.353 e. The number of piperazine rings is 1. The van der Waals surface area contributed by atoms with Gasteiger partial charge in [0.1, 0.15) is 17.1 Å². The molecule has 0 aliphatic carbocycles. The van der Waals surface area contributed by atoms with Gasteiger partial charge in [-0.1, -0.05) is 36.4 Å². The average molecular weight is 484 g/mol. The van der Waals surface area contributed by atoms with Crippen LogP contribution >= 0.6 is 0 Å². The fraction of sp³-hybridized carbons (Fsp3) is 0.417. The van der Waals surface area contributed by atoms with Crippen LogP contribution in [0.15, 0.2) is 66.5 Å². The van der Waals surface area contributed by atoms with Crippen molar-refractivity contribution < 1.29 is 18.0 Å². The number of hydrogen-bond acceptors (Lipinski definition) is 7. The Morgan fingerprint density at radius 2 is 1.68 bits per heavy atom. The highest BCUT2D eigenvalue weighted by Crippen LogP contribution is 2.33. The van der Waals surface area contributed by atoms with Gasteiger partial charge in [-0.3, -0.25) is 15.1 Å². The third-order valence-electron chi connectivity index (χ3n) is 6.70. The maximum absolute atomic E-state index is 13.1. The summed E-state index contributed by atoms with van der Waals surface area (Å²) < 4.78 is 27.2. The summed E-state index contributed by atoms with van der Waals surface area (Å²) in [6.45, 7) is 3.36. The van der Waals surface area contributed by atoms with Crippen molar-refractivity contribution in [3.63, 3.8) is 0 Å². The van der Waals surface area contributed by atoms with E-state index < -0.39 is 15.6 Å². The van der Waals surface area contributed by atoms with Crippen molar-refractivity contribution in [3.8, 4) is 0 Å². The molecular formula is C24H29N5O4S. The number of carbonyl (C=O) groups excluding carboxylic acids is 1. The summed E-state index contributed by atoms with van der Waals surface area (Å²) in [7, 11) is -3.41. The average Bonchev–Trinajstić information content (AvgIpc) is 3.28. The molecular weight excluding hydrogens is 454 g/mol. The molecule has 0 atom stereocenters. The molecule has 180 valence electrons. The molecule has 9 nitrogen and oxygen atoms in total. The van der Waals surface area contributed by atoms with Crippen LogP contribution in [-0.2, 0) is 25.4 Å². The fourth-order valence-electron chi connectivity index (χ4n) is 4.70. The molecule has 3 aliphatic rings. The van der Waals surface area contributed by atoms with Crippen LogP contribution in [0.4, 0.5) is 5.82 Å². The molecule has 3 aliphatic heterocycles. The van der Waals surface area contributed by atoms with Gasteiger partial charge in [0.25, 0.3) is 5.91 Å². The lowest BCUT2D eigenvalue weighted by molar-refractivity contribution is -0.129. The van der Waals surface area contributed by atoms with Crippen molar-refractivity contribution in [3.05, 3.63) is 72.1 Å². The first-order valence-corrected chi connectivity index (χ1v) is 13.2. The predicted molar refractivity (Wildman–Crippen MR) is 128 cm³/mol. The molecule has 0 unspecified atom stereocenters. The van der Waals surface area contributed by atoms with E-state index in [9.17, 15) is 13.2 Å². The molecule has 1 N–H and O–H groups in total. The van der Waals surface area contributed by atoms with E-state index in [2.05, 4.69) is 15.4 Å². The largest absolute Gasteiger partial charge is 0.353 e. The van der Waals surface area contributed by atoms with Gasteiger partial charge in [0.2, 0.25) is 10.0 Å². The number of anilines is 1. The van der Waals surface area contributed by atoms with E-state index in [1.54, 1.807) is 6.20 Å². The Bertz CT molecular complexity index is 1140. The number of pyridine rings is 1. The Morgan fingerprint density at radius 3 is 2.35 bits per heavy atom. The summed E-state index contributed by atoms with van der Waals surface area (Å²) >= 11 is 0. The monoisotopic (exact) mass is 483 g/mol. The van der Waals surface area contributed by atoms with Crippen LogP contribution in [0.5, 0.6) is 0 Å². The van der Waals surface area contributed by atoms with E-state index in [4.69, 9.17) is 4.84 Å². The Morgan fingerprint density at radius 1 is 0.971 bits per heavy atom. The number of piperidine rings is 1. The zero-order valence-electron chi connectivity index (χ0n) is 19.0. The first-order chi connectivity index (χ1) is 16.4. The number of hydroxylamine groups is 1. The van der Waals surface area contributed by atoms with E-state index in [0.717, 1.165) is 24.5 Å². The van der Waals surface area contributed by atoms with Crippen molar-refractivity contribution in [1.82, 2.24) is 19.7 Å². The topological polar surface area (TPSA) is 95.1 Å². The number of aromatic nitrogens is 1. The van der Waals surface area contributed by atoms with E-state index in [-0.39, 0.29) is 11.7 Å². The molecule has 1 amide bonds. The Hall–Kier alpha value is -2.95. The molecule has 0 bridgehead atoms. The quantitative estimate of drug-likeness (QED) is 0.689. The van der Waals surface area contributed by atoms with Crippen LogP contribution in [-0.4, -0.2) is 73.4 Å². The summed E-state index contributed by atoms with van der Waals surface area (Å²) in [5.74, 6) is 0.824. The lowest BCUT2D eigenvalue weighted by Gasteiger charge is -2.35. The molecule has 0 radical (unpaired) electrons. The molecule has 2 fully saturated rings. The van der Waals surface area contributed by atoms with Crippen molar-refractivity contribution in [2.75, 3.05) is 44.2 Å². The van der Waals surface area contributed by atoms with Gasteiger partial charge in [-0.05, 0) is 36.6 Å². The summed E-state index contributed by atoms with van der Waals surface area (Å²) in [5.41, 5.74) is 3.39. The molecule has 1 aromatic carbocycles. The van der Waals surface area contributed by atoms with E-state index in [0.29, 0.717) is 44.7 Å². The van der Waals surface area contributed by atoms with Crippen LogP contribution < -0.4 is 10.4 Å². The smallest absolute Gasteiger partial charge is 0.272 e. The number of nitrogens with one attached hydrogen (secondary N) is 1. The van der Waals surface area contributed by atoms with Crippen LogP contribution in [0.2, 0.25) is 0 Å². The fourth-order valence-corrected chi connectivity index (χ4v) is 6.23. The Kier molecular flexibility index (Phi) is 6.28. The Labute approximate surface area is 200 Å². The lowest BCUT2D eigenvalue weighted by atomic mass is 9.92. The summed E-state index contributed by atoms with van der Waals surface area (Å²) in [5, 5.41) is 0. The van der Waals surface area contributed by atoms with Crippen molar-refractivity contribution in [2.45, 2.75) is 24.2 Å². The number of benzene rings is 1. The van der Waals surface area contributed by atoms with Gasteiger partial charge in [0.15, 0.2) is 0 Å². The van der Waals surface area contributed by atoms with Gasteiger partial charge in [-0.15, -0.1) is 0 Å². The third kappa shape index (κ3) is 4.79. The second-order valence-electron chi connectivity index (χ2n) is 8.93. The third-order valence-corrected chi connectivity index (χ3v) is 8.55. The lowest BCUT2D eigenvalue weighted by Crippen LogP contribution is -2.50. The van der Waals surface area contributed by atoms with E-state index in [1.807, 2.05) is 59.5 Å². The van der Waals surface area contributed by atoms with Gasteiger partial charge in [0.05, 0.1) is 5.75 Å². The summed E-state index contributed by atoms with van der Waals surface area (Å²) in [4.78, 5) is 27.3. The Balaban J connectivity index is 1.17. The van der Waals surface area contributed by atoms with E-state index >= 15 is 0 Å². The van der Waals surface area contributed by atoms with Crippen LogP contribution in [0.25, 0.3) is 0 Å². The molecule has 2 saturated heterocycles. The molecule has 1 aromatic heterocycles. The van der Waals surface area contributed by atoms with Gasteiger partial charge >= 0.3 is 0 Å². The number of carbonyl (C=O) groups is 1. The maximum Gasteiger partial charge on any atom is 0.272 e. The molecule has 2 aromatic rings. The van der Waals surface area contributed by atoms with Crippen LogP contribution in [0.1, 0.15) is 18.4 Å². The zero-order chi connectivity index (χ0) is 23.6. The number of rotatable bonds is 5. The number of amides is 1. The summed E-state index contributed by atoms with van der Waals surface area (Å²) in [6, 6.07) is 15.0. The SMILES string of the molecule is O=C(C1=CC2(CCN(S(=O)(=O)Cc3ccccc3)CC2)ON1)N1CCN(c2ccccn2)CC1. The second kappa shape index (κ2) is 9.36. The molecule has 5 rings (SSSR count). The standard InChI is InChI=1S/C24H29N5O4S/c30-23(28-16-14-27(15-17-28)22-8-4-5-11-25-22)21-18-24(33-26-21)9-12-29(13-10-24)34(31,32)19-20-6-2-1-3-7-20/h1-8,11,18,26H,9-10,12-17,19H2. The maximum atomic E-state index is 13.1. The van der Waals surface area contributed by atoms with Crippen molar-refractivity contribution in [2.24, 2.45) is 0 Å². The minimum atomic E-state index is -3.41. The molecule has 0 saturated carbocycles. The predicted octanol–water partition coefficient (Wildman–Crippen LogP) is 1.51. The van der Waals surface area contributed by atoms with Gasteiger partial charge in [0, 0.05) is 45.5 Å². The highest BCUT2D eigenvalue weighted by atomic mass is 32.2. The highest BCUT2D eigenvalue weighted by molar-refractivity contribution is 7.88. The normalized spacial score (nSPS) is 20.8. The van der Waals surface area contributed by atoms with Crippen LogP contribution in [0.3, 0.4) is 0 Å². The highest BCUT2D eigenvalue weighted by Gasteiger charge is 2.43. The van der Waals surface area contributed by atoms with Gasteiger partial charge in [-0.25, -0.2) is 17.7 Å². The number of nitrogens with zero attached hydrogens (tertiary/aromatic N) is 4. The second-order valence-corrected chi connectivity index (χ2v) is 10.9. The molecule has 4 heterocycles. The molecule has 10 heteroatoms. The first-order valence-electron chi connectivity index (χ1n) is 11.6. The minimum absolute atomic E-state index is 0.00992. The van der Waals surface area contributed by atoms with Crippen LogP contribution in [0, 0.1) is 0 Å². The zero-order valence-corrected chi connectivity index (χ0v) is 19.8. The van der Waals surface area contributed by atoms with Gasteiger partial charge in [-0.2, -0.15) is 0 Å². The summed E-state index contributed by atoms with van der Waals surface area (Å²) in [6.07, 6.45) is 4.62. The van der Waals surface area contributed by atoms with Crippen molar-refractivity contribution >= 4 is 21.7 Å². The molecule has 1 spiro atoms. The van der Waals surface area contributed by atoms with Crippen molar-refractivity contribution in [1.29, 1.82) is 0 Å². The molecule has 34 heavy (non-hydrogen) atoms.